The van der Waals surface area contributed by atoms with Gasteiger partial charge in [0.15, 0.2) is 0 Å². The minimum atomic E-state index is -3.76. The molecule has 0 spiro atoms. The largest absolute Gasteiger partial charge is 0.332 e. The third-order valence-electron chi connectivity index (χ3n) is 5.38. The van der Waals surface area contributed by atoms with E-state index in [9.17, 15) is 13.2 Å². The van der Waals surface area contributed by atoms with Crippen LogP contribution in [0, 0.1) is 6.92 Å². The van der Waals surface area contributed by atoms with Crippen LogP contribution in [0.3, 0.4) is 0 Å². The number of hydrogen-bond acceptors (Lipinski definition) is 4. The Labute approximate surface area is 207 Å². The van der Waals surface area contributed by atoms with Crippen molar-refractivity contribution in [1.82, 2.24) is 9.21 Å². The first kappa shape index (κ1) is 25.9. The molecule has 0 saturated carbocycles. The highest BCUT2D eigenvalue weighted by Gasteiger charge is 2.25. The Hall–Kier alpha value is -2.74. The number of unbranched alkanes of at least 4 members (excludes halogenated alkanes) is 1. The van der Waals surface area contributed by atoms with Crippen molar-refractivity contribution in [1.29, 1.82) is 0 Å². The van der Waals surface area contributed by atoms with Gasteiger partial charge in [-0.1, -0.05) is 74.0 Å². The van der Waals surface area contributed by atoms with Crippen LogP contribution < -0.4 is 0 Å². The summed E-state index contributed by atoms with van der Waals surface area (Å²) in [6.45, 7) is 5.05. The number of aryl methyl sites for hydroxylation is 1. The van der Waals surface area contributed by atoms with Crippen LogP contribution in [0.1, 0.15) is 40.6 Å². The molecule has 0 aliphatic heterocycles. The summed E-state index contributed by atoms with van der Waals surface area (Å²) < 4.78 is 27.6. The van der Waals surface area contributed by atoms with E-state index in [1.54, 1.807) is 22.3 Å². The van der Waals surface area contributed by atoms with Gasteiger partial charge in [-0.15, -0.1) is 11.3 Å². The summed E-state index contributed by atoms with van der Waals surface area (Å²) in [5.74, 6) is -0.206. The van der Waals surface area contributed by atoms with E-state index >= 15 is 0 Å². The van der Waals surface area contributed by atoms with E-state index in [1.807, 2.05) is 86.6 Å². The molecule has 0 radical (unpaired) electrons. The molecule has 5 nitrogen and oxygen atoms in total. The van der Waals surface area contributed by atoms with Crippen LogP contribution in [-0.4, -0.2) is 36.6 Å². The van der Waals surface area contributed by atoms with Crippen molar-refractivity contribution in [2.45, 2.75) is 39.8 Å². The maximum atomic E-state index is 13.5. The molecule has 1 heterocycles. The van der Waals surface area contributed by atoms with E-state index in [0.29, 0.717) is 26.1 Å². The molecule has 0 aliphatic rings. The summed E-state index contributed by atoms with van der Waals surface area (Å²) in [4.78, 5) is 17.5. The Bertz CT molecular complexity index is 1170. The highest BCUT2D eigenvalue weighted by Crippen LogP contribution is 2.19. The van der Waals surface area contributed by atoms with Crippen LogP contribution in [0.25, 0.3) is 6.08 Å². The molecule has 0 fully saturated rings. The Kier molecular flexibility index (Phi) is 9.62. The Balaban J connectivity index is 1.80. The fraction of sp³-hybridized carbons (Fsp3) is 0.296. The molecule has 0 atom stereocenters. The smallest absolute Gasteiger partial charge is 0.238 e. The Morgan fingerprint density at radius 2 is 1.62 bits per heavy atom. The molecular formula is C27H32N2O3S2. The van der Waals surface area contributed by atoms with Crippen LogP contribution >= 0.6 is 11.3 Å². The summed E-state index contributed by atoms with van der Waals surface area (Å²) in [5.41, 5.74) is 1.81. The van der Waals surface area contributed by atoms with Gasteiger partial charge in [0.1, 0.15) is 0 Å². The van der Waals surface area contributed by atoms with Gasteiger partial charge >= 0.3 is 0 Å². The van der Waals surface area contributed by atoms with E-state index in [-0.39, 0.29) is 12.5 Å². The van der Waals surface area contributed by atoms with Crippen LogP contribution in [0.5, 0.6) is 0 Å². The van der Waals surface area contributed by atoms with Gasteiger partial charge in [-0.25, -0.2) is 8.42 Å². The zero-order chi connectivity index (χ0) is 24.4. The minimum absolute atomic E-state index is 0.182. The number of rotatable bonds is 12. The van der Waals surface area contributed by atoms with E-state index in [2.05, 4.69) is 0 Å². The second-order valence-corrected chi connectivity index (χ2v) is 11.4. The van der Waals surface area contributed by atoms with Crippen molar-refractivity contribution in [2.24, 2.45) is 0 Å². The van der Waals surface area contributed by atoms with E-state index in [4.69, 9.17) is 0 Å². The lowest BCUT2D eigenvalue weighted by Crippen LogP contribution is -2.42. The minimum Gasteiger partial charge on any atom is -0.332 e. The molecule has 0 saturated heterocycles. The molecule has 1 amide bonds. The maximum Gasteiger partial charge on any atom is 0.238 e. The number of carbonyl (C=O) groups excluding carboxylic acids is 1. The summed E-state index contributed by atoms with van der Waals surface area (Å²) in [5, 5.41) is 1.20. The van der Waals surface area contributed by atoms with Gasteiger partial charge in [-0.2, -0.15) is 4.31 Å². The maximum absolute atomic E-state index is 13.5. The first-order valence-electron chi connectivity index (χ1n) is 11.5. The SMILES string of the molecule is CCCCN(CC(=O)N(Cc1ccccc1)Cc1ccc(C)s1)S(=O)(=O)/C=C/c1ccccc1. The number of benzene rings is 2. The fourth-order valence-electron chi connectivity index (χ4n) is 3.49. The third kappa shape index (κ3) is 7.94. The highest BCUT2D eigenvalue weighted by molar-refractivity contribution is 7.92. The van der Waals surface area contributed by atoms with Crippen molar-refractivity contribution in [3.8, 4) is 0 Å². The standard InChI is InChI=1S/C27H32N2O3S2/c1-3-4-18-29(34(31,32)19-17-24-11-7-5-8-12-24)22-27(30)28(20-25-13-9-6-10-14-25)21-26-16-15-23(2)33-26/h5-17,19H,3-4,18,20-22H2,1-2H3/b19-17+. The zero-order valence-electron chi connectivity index (χ0n) is 19.8. The Morgan fingerprint density at radius 1 is 0.941 bits per heavy atom. The van der Waals surface area contributed by atoms with Crippen LogP contribution in [-0.2, 0) is 27.9 Å². The quantitative estimate of drug-likeness (QED) is 0.324. The normalized spacial score (nSPS) is 11.9. The van der Waals surface area contributed by atoms with Crippen LogP contribution in [0.15, 0.2) is 78.2 Å². The van der Waals surface area contributed by atoms with Gasteiger partial charge < -0.3 is 4.90 Å². The molecular weight excluding hydrogens is 464 g/mol. The van der Waals surface area contributed by atoms with Gasteiger partial charge in [0.2, 0.25) is 15.9 Å². The lowest BCUT2D eigenvalue weighted by atomic mass is 10.2. The lowest BCUT2D eigenvalue weighted by Gasteiger charge is -2.26. The fourth-order valence-corrected chi connectivity index (χ4v) is 5.57. The van der Waals surface area contributed by atoms with Crippen molar-refractivity contribution in [3.63, 3.8) is 0 Å². The Morgan fingerprint density at radius 3 is 2.24 bits per heavy atom. The molecule has 1 aromatic heterocycles. The molecule has 3 rings (SSSR count). The molecule has 2 aromatic carbocycles. The van der Waals surface area contributed by atoms with Crippen molar-refractivity contribution < 1.29 is 13.2 Å². The van der Waals surface area contributed by atoms with Gasteiger partial charge in [-0.05, 0) is 42.7 Å². The topological polar surface area (TPSA) is 57.7 Å². The van der Waals surface area contributed by atoms with Crippen molar-refractivity contribution in [2.75, 3.05) is 13.1 Å². The predicted molar refractivity (Wildman–Crippen MR) is 141 cm³/mol. The molecule has 7 heteroatoms. The average Bonchev–Trinajstić information content (AvgIpc) is 3.25. The molecule has 3 aromatic rings. The number of hydrogen-bond donors (Lipinski definition) is 0. The van der Waals surface area contributed by atoms with Gasteiger partial charge in [-0.3, -0.25) is 4.79 Å². The second-order valence-electron chi connectivity index (χ2n) is 8.19. The molecule has 34 heavy (non-hydrogen) atoms. The average molecular weight is 497 g/mol. The molecule has 0 unspecified atom stereocenters. The summed E-state index contributed by atoms with van der Waals surface area (Å²) in [7, 11) is -3.76. The van der Waals surface area contributed by atoms with Crippen molar-refractivity contribution in [3.05, 3.63) is 99.1 Å². The molecule has 0 bridgehead atoms. The molecule has 0 aliphatic carbocycles. The first-order chi connectivity index (χ1) is 16.4. The van der Waals surface area contributed by atoms with Gasteiger partial charge in [0.25, 0.3) is 0 Å². The molecule has 180 valence electrons. The summed E-state index contributed by atoms with van der Waals surface area (Å²) in [6, 6.07) is 23.1. The van der Waals surface area contributed by atoms with E-state index in [0.717, 1.165) is 22.4 Å². The summed E-state index contributed by atoms with van der Waals surface area (Å²) in [6.07, 6.45) is 3.11. The number of amides is 1. The van der Waals surface area contributed by atoms with Crippen LogP contribution in [0.2, 0.25) is 0 Å². The highest BCUT2D eigenvalue weighted by atomic mass is 32.2. The number of nitrogens with zero attached hydrogens (tertiary/aromatic N) is 2. The van der Waals surface area contributed by atoms with Crippen LogP contribution in [0.4, 0.5) is 0 Å². The third-order valence-corrected chi connectivity index (χ3v) is 7.87. The summed E-state index contributed by atoms with van der Waals surface area (Å²) >= 11 is 1.65. The van der Waals surface area contributed by atoms with Gasteiger partial charge in [0.05, 0.1) is 13.1 Å². The molecule has 0 N–H and O–H groups in total. The first-order valence-corrected chi connectivity index (χ1v) is 13.8. The monoisotopic (exact) mass is 496 g/mol. The number of sulfonamides is 1. The van der Waals surface area contributed by atoms with Gasteiger partial charge in [0, 0.05) is 28.3 Å². The van der Waals surface area contributed by atoms with E-state index in [1.165, 1.54) is 14.6 Å². The van der Waals surface area contributed by atoms with Crippen molar-refractivity contribution >= 4 is 33.3 Å². The predicted octanol–water partition coefficient (Wildman–Crippen LogP) is 5.69. The lowest BCUT2D eigenvalue weighted by molar-refractivity contribution is -0.132. The van der Waals surface area contributed by atoms with E-state index < -0.39 is 10.0 Å². The number of thiophene rings is 1. The zero-order valence-corrected chi connectivity index (χ0v) is 21.4. The second kappa shape index (κ2) is 12.6. The number of carbonyl (C=O) groups is 1.